The van der Waals surface area contributed by atoms with E-state index in [1.807, 2.05) is 25.1 Å². The molecule has 0 bridgehead atoms. The van der Waals surface area contributed by atoms with Gasteiger partial charge < -0.3 is 5.11 Å². The van der Waals surface area contributed by atoms with Crippen molar-refractivity contribution in [3.05, 3.63) is 53.9 Å². The summed E-state index contributed by atoms with van der Waals surface area (Å²) in [6.07, 6.45) is 3.13. The summed E-state index contributed by atoms with van der Waals surface area (Å²) in [5.41, 5.74) is 3.75. The summed E-state index contributed by atoms with van der Waals surface area (Å²) in [6, 6.07) is 7.47. The van der Waals surface area contributed by atoms with Crippen LogP contribution in [0, 0.1) is 6.92 Å². The first-order valence-corrected chi connectivity index (χ1v) is 7.66. The van der Waals surface area contributed by atoms with E-state index in [1.54, 1.807) is 12.3 Å². The molecule has 1 amide bonds. The third-order valence-corrected chi connectivity index (χ3v) is 4.13. The number of aryl methyl sites for hydroxylation is 1. The lowest BCUT2D eigenvalue weighted by molar-refractivity contribution is 0.209. The monoisotopic (exact) mass is 321 g/mol. The van der Waals surface area contributed by atoms with E-state index in [4.69, 9.17) is 5.11 Å². The maximum atomic E-state index is 10.7. The standard InChI is InChI=1S/C17H15N5O2/c1-9-4-5-18-16(20-9)12-7-11(12)13-2-3-14-15(22-13)6-10(8-19-14)21-17(23)24/h2-6,8,11-12,21H,7H2,1H3,(H,23,24)/t11-,12-/m0/s1. The molecule has 0 unspecified atom stereocenters. The van der Waals surface area contributed by atoms with Gasteiger partial charge >= 0.3 is 6.09 Å². The van der Waals surface area contributed by atoms with Crippen LogP contribution in [0.4, 0.5) is 10.5 Å². The SMILES string of the molecule is Cc1ccnc([C@H]2C[C@@H]2c2ccc3ncc(NC(=O)O)cc3n2)n1. The molecule has 0 radical (unpaired) electrons. The molecule has 0 aromatic carbocycles. The van der Waals surface area contributed by atoms with Gasteiger partial charge in [0.05, 0.1) is 22.9 Å². The molecular weight excluding hydrogens is 306 g/mol. The van der Waals surface area contributed by atoms with Gasteiger partial charge in [0.15, 0.2) is 0 Å². The minimum Gasteiger partial charge on any atom is -0.465 e. The van der Waals surface area contributed by atoms with Gasteiger partial charge in [-0.3, -0.25) is 15.3 Å². The number of fused-ring (bicyclic) bond motifs is 1. The number of nitrogens with one attached hydrogen (secondary N) is 1. The number of hydrogen-bond donors (Lipinski definition) is 2. The Morgan fingerprint density at radius 2 is 2.04 bits per heavy atom. The molecule has 1 aliphatic rings. The van der Waals surface area contributed by atoms with Gasteiger partial charge in [-0.25, -0.2) is 14.8 Å². The van der Waals surface area contributed by atoms with Crippen molar-refractivity contribution >= 4 is 22.8 Å². The molecule has 0 aliphatic heterocycles. The van der Waals surface area contributed by atoms with Crippen LogP contribution in [0.15, 0.2) is 36.7 Å². The predicted molar refractivity (Wildman–Crippen MR) is 88.1 cm³/mol. The van der Waals surface area contributed by atoms with Crippen molar-refractivity contribution in [2.45, 2.75) is 25.2 Å². The Labute approximate surface area is 137 Å². The Bertz CT molecular complexity index is 943. The number of amides is 1. The lowest BCUT2D eigenvalue weighted by Gasteiger charge is -2.05. The van der Waals surface area contributed by atoms with Crippen molar-refractivity contribution in [1.29, 1.82) is 0 Å². The molecule has 3 heterocycles. The van der Waals surface area contributed by atoms with Crippen LogP contribution in [0.1, 0.15) is 35.5 Å². The highest BCUT2D eigenvalue weighted by molar-refractivity contribution is 5.86. The lowest BCUT2D eigenvalue weighted by atomic mass is 10.2. The first kappa shape index (κ1) is 14.5. The van der Waals surface area contributed by atoms with Crippen LogP contribution in [-0.2, 0) is 0 Å². The molecule has 4 rings (SSSR count). The van der Waals surface area contributed by atoms with E-state index in [9.17, 15) is 4.79 Å². The summed E-state index contributed by atoms with van der Waals surface area (Å²) in [5.74, 6) is 1.46. The van der Waals surface area contributed by atoms with Gasteiger partial charge in [0.2, 0.25) is 0 Å². The maximum absolute atomic E-state index is 10.7. The molecule has 2 atom stereocenters. The number of carboxylic acid groups (broad SMARTS) is 1. The van der Waals surface area contributed by atoms with Gasteiger partial charge in [-0.2, -0.15) is 0 Å². The first-order valence-electron chi connectivity index (χ1n) is 7.66. The molecule has 1 aliphatic carbocycles. The zero-order chi connectivity index (χ0) is 16.7. The smallest absolute Gasteiger partial charge is 0.409 e. The Morgan fingerprint density at radius 1 is 1.17 bits per heavy atom. The molecule has 120 valence electrons. The van der Waals surface area contributed by atoms with Gasteiger partial charge in [0.1, 0.15) is 5.82 Å². The number of rotatable bonds is 3. The zero-order valence-corrected chi connectivity index (χ0v) is 13.0. The molecule has 3 aromatic rings. The van der Waals surface area contributed by atoms with Crippen LogP contribution in [0.5, 0.6) is 0 Å². The van der Waals surface area contributed by atoms with Crippen LogP contribution in [-0.4, -0.2) is 31.1 Å². The number of carbonyl (C=O) groups is 1. The maximum Gasteiger partial charge on any atom is 0.409 e. The van der Waals surface area contributed by atoms with Gasteiger partial charge in [-0.15, -0.1) is 0 Å². The van der Waals surface area contributed by atoms with Crippen molar-refractivity contribution in [3.63, 3.8) is 0 Å². The Morgan fingerprint density at radius 3 is 2.83 bits per heavy atom. The highest BCUT2D eigenvalue weighted by Crippen LogP contribution is 2.53. The van der Waals surface area contributed by atoms with Crippen molar-refractivity contribution in [1.82, 2.24) is 19.9 Å². The second-order valence-electron chi connectivity index (χ2n) is 5.93. The Hall–Kier alpha value is -3.09. The molecule has 7 nitrogen and oxygen atoms in total. The normalized spacial score (nSPS) is 19.2. The molecule has 1 fully saturated rings. The number of hydrogen-bond acceptors (Lipinski definition) is 5. The average molecular weight is 321 g/mol. The molecule has 0 spiro atoms. The van der Waals surface area contributed by atoms with Crippen LogP contribution in [0.25, 0.3) is 11.0 Å². The van der Waals surface area contributed by atoms with E-state index >= 15 is 0 Å². The largest absolute Gasteiger partial charge is 0.465 e. The summed E-state index contributed by atoms with van der Waals surface area (Å²) in [5, 5.41) is 11.1. The van der Waals surface area contributed by atoms with Crippen molar-refractivity contribution in [2.75, 3.05) is 5.32 Å². The van der Waals surface area contributed by atoms with E-state index < -0.39 is 6.09 Å². The van der Waals surface area contributed by atoms with E-state index in [1.165, 1.54) is 6.20 Å². The van der Waals surface area contributed by atoms with Crippen LogP contribution >= 0.6 is 0 Å². The van der Waals surface area contributed by atoms with Crippen LogP contribution < -0.4 is 5.32 Å². The Kier molecular flexibility index (Phi) is 3.34. The first-order chi connectivity index (χ1) is 11.6. The van der Waals surface area contributed by atoms with Crippen molar-refractivity contribution < 1.29 is 9.90 Å². The quantitative estimate of drug-likeness (QED) is 0.768. The lowest BCUT2D eigenvalue weighted by Crippen LogP contribution is -2.07. The van der Waals surface area contributed by atoms with Crippen LogP contribution in [0.3, 0.4) is 0 Å². The fourth-order valence-corrected chi connectivity index (χ4v) is 2.87. The molecule has 1 saturated carbocycles. The fraction of sp³-hybridized carbons (Fsp3) is 0.235. The van der Waals surface area contributed by atoms with Crippen molar-refractivity contribution in [2.24, 2.45) is 0 Å². The van der Waals surface area contributed by atoms with Gasteiger partial charge in [-0.1, -0.05) is 0 Å². The third kappa shape index (κ3) is 2.76. The third-order valence-electron chi connectivity index (χ3n) is 4.13. The average Bonchev–Trinajstić information content (AvgIpc) is 3.34. The Balaban J connectivity index is 1.62. The molecule has 24 heavy (non-hydrogen) atoms. The number of pyridine rings is 2. The summed E-state index contributed by atoms with van der Waals surface area (Å²) < 4.78 is 0. The molecule has 7 heteroatoms. The molecule has 3 aromatic heterocycles. The summed E-state index contributed by atoms with van der Waals surface area (Å²) >= 11 is 0. The van der Waals surface area contributed by atoms with Gasteiger partial charge in [0, 0.05) is 29.4 Å². The van der Waals surface area contributed by atoms with E-state index in [2.05, 4.69) is 25.3 Å². The van der Waals surface area contributed by atoms with Crippen LogP contribution in [0.2, 0.25) is 0 Å². The molecule has 2 N–H and O–H groups in total. The van der Waals surface area contributed by atoms with E-state index in [0.29, 0.717) is 23.0 Å². The number of anilines is 1. The summed E-state index contributed by atoms with van der Waals surface area (Å²) in [6.45, 7) is 1.96. The number of aromatic nitrogens is 4. The van der Waals surface area contributed by atoms with Gasteiger partial charge in [-0.05, 0) is 37.6 Å². The van der Waals surface area contributed by atoms with Gasteiger partial charge in [0.25, 0.3) is 0 Å². The highest BCUT2D eigenvalue weighted by Gasteiger charge is 2.42. The molecular formula is C17H15N5O2. The number of nitrogens with zero attached hydrogens (tertiary/aromatic N) is 4. The second-order valence-corrected chi connectivity index (χ2v) is 5.93. The minimum absolute atomic E-state index is 0.295. The topological polar surface area (TPSA) is 101 Å². The van der Waals surface area contributed by atoms with Crippen molar-refractivity contribution in [3.8, 4) is 0 Å². The molecule has 0 saturated heterocycles. The van der Waals surface area contributed by atoms with E-state index in [-0.39, 0.29) is 0 Å². The fourth-order valence-electron chi connectivity index (χ4n) is 2.87. The highest BCUT2D eigenvalue weighted by atomic mass is 16.4. The zero-order valence-electron chi connectivity index (χ0n) is 13.0. The predicted octanol–water partition coefficient (Wildman–Crippen LogP) is 3.09. The summed E-state index contributed by atoms with van der Waals surface area (Å²) in [4.78, 5) is 28.5. The second kappa shape index (κ2) is 5.52. The van der Waals surface area contributed by atoms with E-state index in [0.717, 1.165) is 29.1 Å². The summed E-state index contributed by atoms with van der Waals surface area (Å²) in [7, 11) is 0. The minimum atomic E-state index is -1.12.